The van der Waals surface area contributed by atoms with Gasteiger partial charge in [-0.2, -0.15) is 0 Å². The van der Waals surface area contributed by atoms with Gasteiger partial charge in [0.25, 0.3) is 0 Å². The molecule has 1 heterocycles. The largest absolute Gasteiger partial charge is 0.352 e. The molecular formula is C13H25N3O4S. The summed E-state index contributed by atoms with van der Waals surface area (Å²) >= 11 is 0. The average Bonchev–Trinajstić information content (AvgIpc) is 2.36. The number of primary sulfonamides is 1. The summed E-state index contributed by atoms with van der Waals surface area (Å²) in [5.74, 6) is -0.330. The highest BCUT2D eigenvalue weighted by Gasteiger charge is 2.25. The van der Waals surface area contributed by atoms with Gasteiger partial charge in [-0.1, -0.05) is 13.8 Å². The minimum absolute atomic E-state index is 0.0470. The number of nitrogens with two attached hydrogens (primary N) is 1. The second-order valence-corrected chi connectivity index (χ2v) is 7.55. The molecule has 0 bridgehead atoms. The third kappa shape index (κ3) is 6.90. The van der Waals surface area contributed by atoms with Crippen LogP contribution in [0.4, 0.5) is 0 Å². The van der Waals surface area contributed by atoms with Gasteiger partial charge in [0.1, 0.15) is 0 Å². The van der Waals surface area contributed by atoms with Gasteiger partial charge in [-0.25, -0.2) is 13.6 Å². The molecule has 0 unspecified atom stereocenters. The highest BCUT2D eigenvalue weighted by molar-refractivity contribution is 7.89. The topological polar surface area (TPSA) is 110 Å². The van der Waals surface area contributed by atoms with E-state index in [2.05, 4.69) is 5.32 Å². The van der Waals surface area contributed by atoms with Crippen molar-refractivity contribution in [1.82, 2.24) is 10.2 Å². The number of nitrogens with zero attached hydrogens (tertiary/aromatic N) is 1. The molecule has 0 aliphatic carbocycles. The summed E-state index contributed by atoms with van der Waals surface area (Å²) in [5.41, 5.74) is 0. The summed E-state index contributed by atoms with van der Waals surface area (Å²) in [6.45, 7) is 4.97. The van der Waals surface area contributed by atoms with E-state index in [0.717, 1.165) is 19.4 Å². The summed E-state index contributed by atoms with van der Waals surface area (Å²) in [6.07, 6.45) is 2.04. The molecule has 7 nitrogen and oxygen atoms in total. The van der Waals surface area contributed by atoms with Crippen molar-refractivity contribution < 1.29 is 18.0 Å². The lowest BCUT2D eigenvalue weighted by atomic mass is 10.0. The third-order valence-electron chi connectivity index (χ3n) is 3.42. The fourth-order valence-corrected chi connectivity index (χ4v) is 2.94. The Morgan fingerprint density at radius 2 is 2.05 bits per heavy atom. The van der Waals surface area contributed by atoms with Crippen LogP contribution in [0.3, 0.4) is 0 Å². The quantitative estimate of drug-likeness (QED) is 0.707. The highest BCUT2D eigenvalue weighted by atomic mass is 32.2. The van der Waals surface area contributed by atoms with E-state index >= 15 is 0 Å². The van der Waals surface area contributed by atoms with Gasteiger partial charge in [-0.3, -0.25) is 9.59 Å². The number of piperidine rings is 1. The minimum Gasteiger partial charge on any atom is -0.352 e. The van der Waals surface area contributed by atoms with Crippen LogP contribution in [-0.2, 0) is 19.6 Å². The van der Waals surface area contributed by atoms with Crippen molar-refractivity contribution in [2.45, 2.75) is 45.6 Å². The van der Waals surface area contributed by atoms with Crippen molar-refractivity contribution in [1.29, 1.82) is 0 Å². The van der Waals surface area contributed by atoms with Gasteiger partial charge in [-0.05, 0) is 19.3 Å². The van der Waals surface area contributed by atoms with Gasteiger partial charge < -0.3 is 10.2 Å². The number of rotatable bonds is 6. The van der Waals surface area contributed by atoms with Crippen LogP contribution < -0.4 is 10.5 Å². The van der Waals surface area contributed by atoms with Crippen molar-refractivity contribution in [3.05, 3.63) is 0 Å². The predicted octanol–water partition coefficient (Wildman–Crippen LogP) is -0.182. The molecule has 1 aliphatic heterocycles. The average molecular weight is 319 g/mol. The van der Waals surface area contributed by atoms with Crippen LogP contribution in [0.25, 0.3) is 0 Å². The molecule has 0 saturated carbocycles. The van der Waals surface area contributed by atoms with E-state index in [1.165, 1.54) is 0 Å². The third-order valence-corrected chi connectivity index (χ3v) is 4.28. The van der Waals surface area contributed by atoms with Crippen LogP contribution >= 0.6 is 0 Å². The lowest BCUT2D eigenvalue weighted by Crippen LogP contribution is -2.50. The number of amides is 2. The maximum absolute atomic E-state index is 11.9. The summed E-state index contributed by atoms with van der Waals surface area (Å²) in [7, 11) is -3.52. The van der Waals surface area contributed by atoms with E-state index in [1.807, 2.05) is 13.8 Å². The van der Waals surface area contributed by atoms with Gasteiger partial charge in [0, 0.05) is 31.5 Å². The maximum Gasteiger partial charge on any atom is 0.225 e. The van der Waals surface area contributed by atoms with Crippen molar-refractivity contribution in [2.75, 3.05) is 18.8 Å². The Kier molecular flexibility index (Phi) is 6.60. The number of likely N-dealkylation sites (tertiary alicyclic amines) is 1. The Bertz CT molecular complexity index is 476. The SMILES string of the molecule is CC(C)C(=O)N1CCC[C@H](NC(=O)CCCS(N)(=O)=O)C1. The van der Waals surface area contributed by atoms with Gasteiger partial charge in [0.2, 0.25) is 21.8 Å². The van der Waals surface area contributed by atoms with Crippen LogP contribution in [-0.4, -0.2) is 50.0 Å². The second kappa shape index (κ2) is 7.74. The first-order valence-electron chi connectivity index (χ1n) is 7.27. The Labute approximate surface area is 126 Å². The van der Waals surface area contributed by atoms with E-state index in [1.54, 1.807) is 4.90 Å². The lowest BCUT2D eigenvalue weighted by molar-refractivity contribution is -0.136. The molecule has 3 N–H and O–H groups in total. The van der Waals surface area contributed by atoms with Gasteiger partial charge in [0.15, 0.2) is 0 Å². The molecule has 0 aromatic carbocycles. The van der Waals surface area contributed by atoms with Crippen LogP contribution in [0.1, 0.15) is 39.5 Å². The zero-order chi connectivity index (χ0) is 16.0. The number of hydrogen-bond donors (Lipinski definition) is 2. The number of sulfonamides is 1. The standard InChI is InChI=1S/C13H25N3O4S/c1-10(2)13(18)16-7-3-5-11(9-16)15-12(17)6-4-8-21(14,19)20/h10-11H,3-9H2,1-2H3,(H,15,17)(H2,14,19,20)/t11-/m0/s1. The molecule has 1 atom stereocenters. The molecule has 0 radical (unpaired) electrons. The van der Waals surface area contributed by atoms with E-state index in [-0.39, 0.29) is 42.4 Å². The van der Waals surface area contributed by atoms with Crippen LogP contribution in [0.5, 0.6) is 0 Å². The fourth-order valence-electron chi connectivity index (χ4n) is 2.39. The molecule has 1 fully saturated rings. The number of nitrogens with one attached hydrogen (secondary N) is 1. The molecule has 0 spiro atoms. The number of carbonyl (C=O) groups is 2. The fraction of sp³-hybridized carbons (Fsp3) is 0.846. The lowest BCUT2D eigenvalue weighted by Gasteiger charge is -2.34. The molecule has 8 heteroatoms. The predicted molar refractivity (Wildman–Crippen MR) is 79.8 cm³/mol. The highest BCUT2D eigenvalue weighted by Crippen LogP contribution is 2.13. The monoisotopic (exact) mass is 319 g/mol. The smallest absolute Gasteiger partial charge is 0.225 e. The first kappa shape index (κ1) is 17.9. The van der Waals surface area contributed by atoms with Gasteiger partial charge in [0.05, 0.1) is 5.75 Å². The molecule has 2 amide bonds. The molecule has 0 aromatic rings. The van der Waals surface area contributed by atoms with Crippen molar-refractivity contribution in [2.24, 2.45) is 11.1 Å². The van der Waals surface area contributed by atoms with E-state index in [9.17, 15) is 18.0 Å². The number of carbonyl (C=O) groups excluding carboxylic acids is 2. The zero-order valence-corrected chi connectivity index (χ0v) is 13.5. The van der Waals surface area contributed by atoms with E-state index < -0.39 is 10.0 Å². The van der Waals surface area contributed by atoms with Crippen molar-refractivity contribution >= 4 is 21.8 Å². The molecule has 1 saturated heterocycles. The second-order valence-electron chi connectivity index (χ2n) is 5.82. The molecule has 122 valence electrons. The van der Waals surface area contributed by atoms with Crippen LogP contribution in [0.2, 0.25) is 0 Å². The Morgan fingerprint density at radius 3 is 2.62 bits per heavy atom. The van der Waals surface area contributed by atoms with Gasteiger partial charge >= 0.3 is 0 Å². The summed E-state index contributed by atoms with van der Waals surface area (Å²) < 4.78 is 21.6. The van der Waals surface area contributed by atoms with E-state index in [4.69, 9.17) is 5.14 Å². The molecule has 0 aromatic heterocycles. The Morgan fingerprint density at radius 1 is 1.38 bits per heavy atom. The van der Waals surface area contributed by atoms with Crippen LogP contribution in [0, 0.1) is 5.92 Å². The Hall–Kier alpha value is -1.15. The number of hydrogen-bond acceptors (Lipinski definition) is 4. The van der Waals surface area contributed by atoms with Crippen molar-refractivity contribution in [3.63, 3.8) is 0 Å². The first-order valence-corrected chi connectivity index (χ1v) is 8.99. The summed E-state index contributed by atoms with van der Waals surface area (Å²) in [5, 5.41) is 7.74. The van der Waals surface area contributed by atoms with E-state index in [0.29, 0.717) is 6.54 Å². The van der Waals surface area contributed by atoms with Gasteiger partial charge in [-0.15, -0.1) is 0 Å². The Balaban J connectivity index is 2.37. The molecule has 1 aliphatic rings. The first-order chi connectivity index (χ1) is 9.69. The zero-order valence-electron chi connectivity index (χ0n) is 12.7. The van der Waals surface area contributed by atoms with Crippen molar-refractivity contribution in [3.8, 4) is 0 Å². The normalized spacial score (nSPS) is 19.6. The summed E-state index contributed by atoms with van der Waals surface area (Å²) in [4.78, 5) is 25.5. The minimum atomic E-state index is -3.52. The maximum atomic E-state index is 11.9. The summed E-state index contributed by atoms with van der Waals surface area (Å²) in [6, 6.07) is -0.0524. The molecule has 21 heavy (non-hydrogen) atoms. The molecule has 1 rings (SSSR count). The van der Waals surface area contributed by atoms with Crippen LogP contribution in [0.15, 0.2) is 0 Å². The molecular weight excluding hydrogens is 294 g/mol.